The number of nitrogens with two attached hydrogens (primary N) is 1. The van der Waals surface area contributed by atoms with E-state index < -0.39 is 11.6 Å². The number of hydrogen-bond donors (Lipinski definition) is 1. The van der Waals surface area contributed by atoms with E-state index in [9.17, 15) is 8.78 Å². The predicted molar refractivity (Wildman–Crippen MR) is 61.4 cm³/mol. The number of unbranched alkanes of at least 4 members (excludes halogenated alkanes) is 2. The Balaban J connectivity index is 2.75. The fourth-order valence-corrected chi connectivity index (χ4v) is 1.44. The fourth-order valence-electron chi connectivity index (χ4n) is 1.44. The highest BCUT2D eigenvalue weighted by Crippen LogP contribution is 2.19. The van der Waals surface area contributed by atoms with Crippen LogP contribution < -0.4 is 10.6 Å². The lowest BCUT2D eigenvalue weighted by Crippen LogP contribution is -2.21. The summed E-state index contributed by atoms with van der Waals surface area (Å²) in [6.45, 7) is 2.78. The SMILES string of the molecule is CCCCCN(C)c1nc(N)c(F)cc1F. The van der Waals surface area contributed by atoms with Crippen LogP contribution in [0.3, 0.4) is 0 Å². The molecule has 0 saturated carbocycles. The Bertz CT molecular complexity index is 355. The molecular formula is C11H17F2N3. The Kier molecular flexibility index (Phi) is 4.46. The highest BCUT2D eigenvalue weighted by molar-refractivity contribution is 5.46. The van der Waals surface area contributed by atoms with Crippen LogP contribution in [0.4, 0.5) is 20.4 Å². The lowest BCUT2D eigenvalue weighted by Gasteiger charge is -2.18. The first-order valence-electron chi connectivity index (χ1n) is 5.39. The number of hydrogen-bond acceptors (Lipinski definition) is 3. The van der Waals surface area contributed by atoms with E-state index >= 15 is 0 Å². The molecule has 0 aliphatic rings. The third-order valence-corrected chi connectivity index (χ3v) is 2.40. The maximum Gasteiger partial charge on any atom is 0.168 e. The summed E-state index contributed by atoms with van der Waals surface area (Å²) >= 11 is 0. The van der Waals surface area contributed by atoms with Gasteiger partial charge in [0, 0.05) is 19.7 Å². The van der Waals surface area contributed by atoms with Crippen LogP contribution >= 0.6 is 0 Å². The van der Waals surface area contributed by atoms with E-state index in [0.717, 1.165) is 25.3 Å². The van der Waals surface area contributed by atoms with Crippen molar-refractivity contribution >= 4 is 11.6 Å². The minimum Gasteiger partial charge on any atom is -0.381 e. The van der Waals surface area contributed by atoms with Crippen molar-refractivity contribution < 1.29 is 8.78 Å². The molecule has 90 valence electrons. The number of pyridine rings is 1. The molecule has 1 aromatic heterocycles. The highest BCUT2D eigenvalue weighted by atomic mass is 19.1. The summed E-state index contributed by atoms with van der Waals surface area (Å²) in [5, 5.41) is 0. The molecule has 5 heteroatoms. The first kappa shape index (κ1) is 12.7. The van der Waals surface area contributed by atoms with Crippen LogP contribution in [0, 0.1) is 11.6 Å². The van der Waals surface area contributed by atoms with Gasteiger partial charge in [0.15, 0.2) is 23.3 Å². The molecule has 0 radical (unpaired) electrons. The summed E-state index contributed by atoms with van der Waals surface area (Å²) in [6.07, 6.45) is 3.11. The summed E-state index contributed by atoms with van der Waals surface area (Å²) in [5.74, 6) is -1.65. The van der Waals surface area contributed by atoms with Gasteiger partial charge >= 0.3 is 0 Å². The average Bonchev–Trinajstić information content (AvgIpc) is 2.23. The van der Waals surface area contributed by atoms with Crippen molar-refractivity contribution in [3.05, 3.63) is 17.7 Å². The van der Waals surface area contributed by atoms with Crippen LogP contribution in [0.5, 0.6) is 0 Å². The molecule has 3 nitrogen and oxygen atoms in total. The molecule has 0 spiro atoms. The van der Waals surface area contributed by atoms with Gasteiger partial charge in [0.05, 0.1) is 0 Å². The first-order valence-corrected chi connectivity index (χ1v) is 5.39. The van der Waals surface area contributed by atoms with Gasteiger partial charge in [-0.3, -0.25) is 0 Å². The second-order valence-corrected chi connectivity index (χ2v) is 3.79. The summed E-state index contributed by atoms with van der Waals surface area (Å²) in [5.41, 5.74) is 5.30. The maximum absolute atomic E-state index is 13.4. The Morgan fingerprint density at radius 2 is 2.00 bits per heavy atom. The normalized spacial score (nSPS) is 10.5. The van der Waals surface area contributed by atoms with E-state index in [0.29, 0.717) is 6.54 Å². The molecular weight excluding hydrogens is 212 g/mol. The standard InChI is InChI=1S/C11H17F2N3/c1-3-4-5-6-16(2)11-9(13)7-8(12)10(14)15-11/h7H,3-6H2,1-2H3,(H2,14,15). The topological polar surface area (TPSA) is 42.2 Å². The summed E-state index contributed by atoms with van der Waals surface area (Å²) in [4.78, 5) is 5.36. The molecule has 0 amide bonds. The number of rotatable bonds is 5. The molecule has 2 N–H and O–H groups in total. The molecule has 0 unspecified atom stereocenters. The van der Waals surface area contributed by atoms with E-state index in [1.807, 2.05) is 0 Å². The monoisotopic (exact) mass is 229 g/mol. The zero-order chi connectivity index (χ0) is 12.1. The van der Waals surface area contributed by atoms with Gasteiger partial charge < -0.3 is 10.6 Å². The highest BCUT2D eigenvalue weighted by Gasteiger charge is 2.12. The molecule has 16 heavy (non-hydrogen) atoms. The van der Waals surface area contributed by atoms with Crippen LogP contribution in [-0.4, -0.2) is 18.6 Å². The van der Waals surface area contributed by atoms with E-state index in [1.54, 1.807) is 11.9 Å². The molecule has 0 fully saturated rings. The third-order valence-electron chi connectivity index (χ3n) is 2.40. The molecule has 0 saturated heterocycles. The van der Waals surface area contributed by atoms with Crippen molar-refractivity contribution in [1.29, 1.82) is 0 Å². The molecule has 0 aliphatic carbocycles. The minimum absolute atomic E-state index is 0.106. The minimum atomic E-state index is -0.816. The maximum atomic E-state index is 13.4. The fraction of sp³-hybridized carbons (Fsp3) is 0.545. The lowest BCUT2D eigenvalue weighted by atomic mass is 10.2. The zero-order valence-electron chi connectivity index (χ0n) is 9.63. The van der Waals surface area contributed by atoms with Crippen LogP contribution in [0.15, 0.2) is 6.07 Å². The number of nitrogens with zero attached hydrogens (tertiary/aromatic N) is 2. The van der Waals surface area contributed by atoms with Crippen molar-refractivity contribution in [2.45, 2.75) is 26.2 Å². The lowest BCUT2D eigenvalue weighted by molar-refractivity contribution is 0.571. The van der Waals surface area contributed by atoms with Crippen LogP contribution in [0.25, 0.3) is 0 Å². The van der Waals surface area contributed by atoms with Crippen molar-refractivity contribution in [3.8, 4) is 0 Å². The van der Waals surface area contributed by atoms with Crippen molar-refractivity contribution in [2.24, 2.45) is 0 Å². The average molecular weight is 229 g/mol. The molecule has 0 aromatic carbocycles. The number of aromatic nitrogens is 1. The first-order chi connectivity index (χ1) is 7.56. The van der Waals surface area contributed by atoms with Crippen molar-refractivity contribution in [2.75, 3.05) is 24.2 Å². The Labute approximate surface area is 94.3 Å². The summed E-state index contributed by atoms with van der Waals surface area (Å²) < 4.78 is 26.3. The molecule has 1 rings (SSSR count). The Hall–Kier alpha value is -1.39. The molecule has 1 aromatic rings. The van der Waals surface area contributed by atoms with Crippen LogP contribution in [0.2, 0.25) is 0 Å². The number of anilines is 2. The van der Waals surface area contributed by atoms with E-state index in [4.69, 9.17) is 5.73 Å². The molecule has 0 bridgehead atoms. The van der Waals surface area contributed by atoms with Gasteiger partial charge in [0.2, 0.25) is 0 Å². The van der Waals surface area contributed by atoms with Crippen molar-refractivity contribution in [1.82, 2.24) is 4.98 Å². The van der Waals surface area contributed by atoms with Crippen LogP contribution in [0.1, 0.15) is 26.2 Å². The van der Waals surface area contributed by atoms with Crippen molar-refractivity contribution in [3.63, 3.8) is 0 Å². The van der Waals surface area contributed by atoms with E-state index in [-0.39, 0.29) is 11.6 Å². The smallest absolute Gasteiger partial charge is 0.168 e. The van der Waals surface area contributed by atoms with Gasteiger partial charge in [0.25, 0.3) is 0 Å². The molecule has 0 atom stereocenters. The van der Waals surface area contributed by atoms with E-state index in [2.05, 4.69) is 11.9 Å². The third kappa shape index (κ3) is 3.05. The van der Waals surface area contributed by atoms with Gasteiger partial charge in [-0.1, -0.05) is 19.8 Å². The second-order valence-electron chi connectivity index (χ2n) is 3.79. The van der Waals surface area contributed by atoms with E-state index in [1.165, 1.54) is 0 Å². The molecule has 0 aliphatic heterocycles. The largest absolute Gasteiger partial charge is 0.381 e. The van der Waals surface area contributed by atoms with Gasteiger partial charge in [-0.25, -0.2) is 13.8 Å². The van der Waals surface area contributed by atoms with Gasteiger partial charge in [-0.05, 0) is 6.42 Å². The predicted octanol–water partition coefficient (Wildman–Crippen LogP) is 2.57. The summed E-state index contributed by atoms with van der Waals surface area (Å²) in [6, 6.07) is 0.772. The van der Waals surface area contributed by atoms with Crippen LogP contribution in [-0.2, 0) is 0 Å². The zero-order valence-corrected chi connectivity index (χ0v) is 9.63. The number of halogens is 2. The van der Waals surface area contributed by atoms with Gasteiger partial charge in [-0.2, -0.15) is 0 Å². The quantitative estimate of drug-likeness (QED) is 0.789. The number of nitrogen functional groups attached to an aromatic ring is 1. The second kappa shape index (κ2) is 5.63. The Morgan fingerprint density at radius 1 is 1.31 bits per heavy atom. The Morgan fingerprint density at radius 3 is 2.62 bits per heavy atom. The van der Waals surface area contributed by atoms with Gasteiger partial charge in [0.1, 0.15) is 0 Å². The molecule has 1 heterocycles. The summed E-state index contributed by atoms with van der Waals surface area (Å²) in [7, 11) is 1.72. The van der Waals surface area contributed by atoms with Gasteiger partial charge in [-0.15, -0.1) is 0 Å².